The second kappa shape index (κ2) is 6.02. The van der Waals surface area contributed by atoms with Gasteiger partial charge in [-0.25, -0.2) is 0 Å². The molecule has 0 unspecified atom stereocenters. The molecule has 0 aromatic heterocycles. The van der Waals surface area contributed by atoms with Crippen LogP contribution in [0.25, 0.3) is 10.8 Å². The van der Waals surface area contributed by atoms with Gasteiger partial charge in [0.15, 0.2) is 0 Å². The topological polar surface area (TPSA) is 58.2 Å². The van der Waals surface area contributed by atoms with E-state index in [2.05, 4.69) is 0 Å². The van der Waals surface area contributed by atoms with Gasteiger partial charge in [0.2, 0.25) is 0 Å². The minimum Gasteiger partial charge on any atom is -0.316 e. The first-order chi connectivity index (χ1) is 11.0. The number of amides is 2. The summed E-state index contributed by atoms with van der Waals surface area (Å²) in [5.41, 5.74) is -1.21. The van der Waals surface area contributed by atoms with Crippen molar-refractivity contribution < 1.29 is 35.9 Å². The normalized spacial score (nSPS) is 12.1. The van der Waals surface area contributed by atoms with Crippen molar-refractivity contribution in [3.63, 3.8) is 0 Å². The van der Waals surface area contributed by atoms with E-state index in [1.165, 1.54) is 22.8 Å². The van der Waals surface area contributed by atoms with E-state index in [0.717, 1.165) is 12.1 Å². The number of hydrogen-bond acceptors (Lipinski definition) is 2. The van der Waals surface area contributed by atoms with Crippen molar-refractivity contribution in [2.45, 2.75) is 12.4 Å². The number of nitrogens with one attached hydrogen (secondary N) is 2. The molecule has 2 aromatic rings. The summed E-state index contributed by atoms with van der Waals surface area (Å²) in [6.45, 7) is 0. The van der Waals surface area contributed by atoms with Crippen LogP contribution in [-0.4, -0.2) is 24.2 Å². The molecule has 0 spiro atoms. The van der Waals surface area contributed by atoms with Gasteiger partial charge in [0.1, 0.15) is 0 Å². The van der Waals surface area contributed by atoms with Gasteiger partial charge in [-0.2, -0.15) is 26.3 Å². The summed E-state index contributed by atoms with van der Waals surface area (Å²) < 4.78 is 74.1. The molecule has 4 nitrogen and oxygen atoms in total. The van der Waals surface area contributed by atoms with Gasteiger partial charge in [0.25, 0.3) is 0 Å². The molecule has 128 valence electrons. The van der Waals surface area contributed by atoms with Crippen LogP contribution in [0.1, 0.15) is 0 Å². The number of carbonyl (C=O) groups is 2. The molecule has 2 aromatic carbocycles. The fraction of sp³-hybridized carbons (Fsp3) is 0.143. The summed E-state index contributed by atoms with van der Waals surface area (Å²) in [6, 6.07) is 8.12. The maximum absolute atomic E-state index is 12.4. The second-order valence-corrected chi connectivity index (χ2v) is 4.65. The summed E-state index contributed by atoms with van der Waals surface area (Å²) in [5.74, 6) is -4.75. The van der Waals surface area contributed by atoms with Gasteiger partial charge in [0.05, 0.1) is 11.4 Å². The maximum atomic E-state index is 12.4. The number of benzene rings is 2. The lowest BCUT2D eigenvalue weighted by Crippen LogP contribution is -2.32. The Morgan fingerprint density at radius 2 is 1.04 bits per heavy atom. The van der Waals surface area contributed by atoms with E-state index in [1.54, 1.807) is 12.1 Å². The molecule has 10 heteroatoms. The van der Waals surface area contributed by atoms with E-state index in [4.69, 9.17) is 0 Å². The number of carbonyl (C=O) groups excluding carboxylic acids is 2. The van der Waals surface area contributed by atoms with Crippen molar-refractivity contribution in [2.75, 3.05) is 10.6 Å². The van der Waals surface area contributed by atoms with Crippen molar-refractivity contribution in [3.05, 3.63) is 36.4 Å². The zero-order valence-electron chi connectivity index (χ0n) is 11.5. The molecule has 2 N–H and O–H groups in total. The Labute approximate surface area is 130 Å². The first kappa shape index (κ1) is 17.6. The molecule has 2 amide bonds. The highest BCUT2D eigenvalue weighted by Gasteiger charge is 2.41. The predicted octanol–water partition coefficient (Wildman–Crippen LogP) is 3.84. The Hall–Kier alpha value is -2.78. The fourth-order valence-corrected chi connectivity index (χ4v) is 1.83. The quantitative estimate of drug-likeness (QED) is 0.809. The monoisotopic (exact) mass is 350 g/mol. The third-order valence-corrected chi connectivity index (χ3v) is 2.90. The van der Waals surface area contributed by atoms with Gasteiger partial charge in [0, 0.05) is 0 Å². The summed E-state index contributed by atoms with van der Waals surface area (Å²) in [5, 5.41) is 3.63. The summed E-state index contributed by atoms with van der Waals surface area (Å²) in [7, 11) is 0. The minimum absolute atomic E-state index is 0.361. The van der Waals surface area contributed by atoms with Crippen LogP contribution >= 0.6 is 0 Å². The van der Waals surface area contributed by atoms with Gasteiger partial charge in [-0.1, -0.05) is 24.3 Å². The lowest BCUT2D eigenvalue weighted by molar-refractivity contribution is -0.167. The van der Waals surface area contributed by atoms with Crippen molar-refractivity contribution in [2.24, 2.45) is 0 Å². The summed E-state index contributed by atoms with van der Waals surface area (Å²) >= 11 is 0. The zero-order chi connectivity index (χ0) is 18.1. The molecule has 0 radical (unpaired) electrons. The van der Waals surface area contributed by atoms with E-state index in [1.807, 2.05) is 0 Å². The van der Waals surface area contributed by atoms with Crippen LogP contribution in [0.15, 0.2) is 36.4 Å². The molecule has 0 atom stereocenters. The Bertz CT molecular complexity index is 731. The predicted molar refractivity (Wildman–Crippen MR) is 73.3 cm³/mol. The van der Waals surface area contributed by atoms with Gasteiger partial charge < -0.3 is 10.6 Å². The first-order valence-corrected chi connectivity index (χ1v) is 6.27. The molecular formula is C14H8F6N2O2. The fourth-order valence-electron chi connectivity index (χ4n) is 1.83. The standard InChI is InChI=1S/C14H8F6N2O2/c15-13(16,17)11(23)21-9-5-7-3-1-2-4-8(7)6-10(9)22-12(24)14(18,19)20/h1-6H,(H,21,23)(H,22,24). The highest BCUT2D eigenvalue weighted by atomic mass is 19.4. The molecular weight excluding hydrogens is 342 g/mol. The van der Waals surface area contributed by atoms with E-state index >= 15 is 0 Å². The van der Waals surface area contributed by atoms with Crippen molar-refractivity contribution in [3.8, 4) is 0 Å². The number of anilines is 2. The molecule has 0 saturated heterocycles. The SMILES string of the molecule is O=C(Nc1cc2ccccc2cc1NC(=O)C(F)(F)F)C(F)(F)F. The summed E-state index contributed by atoms with van der Waals surface area (Å²) in [6.07, 6.45) is -10.5. The molecule has 0 fully saturated rings. The van der Waals surface area contributed by atoms with E-state index in [9.17, 15) is 35.9 Å². The van der Waals surface area contributed by atoms with E-state index < -0.39 is 35.5 Å². The lowest BCUT2D eigenvalue weighted by Gasteiger charge is -2.15. The molecule has 0 heterocycles. The van der Waals surface area contributed by atoms with Gasteiger partial charge in [-0.3, -0.25) is 9.59 Å². The Kier molecular flexibility index (Phi) is 4.41. The van der Waals surface area contributed by atoms with Gasteiger partial charge >= 0.3 is 24.2 Å². The second-order valence-electron chi connectivity index (χ2n) is 4.65. The van der Waals surface area contributed by atoms with Crippen LogP contribution in [0.2, 0.25) is 0 Å². The van der Waals surface area contributed by atoms with Crippen LogP contribution in [-0.2, 0) is 9.59 Å². The van der Waals surface area contributed by atoms with Gasteiger partial charge in [-0.15, -0.1) is 0 Å². The molecule has 0 aliphatic carbocycles. The van der Waals surface area contributed by atoms with Crippen LogP contribution in [0, 0.1) is 0 Å². The van der Waals surface area contributed by atoms with Crippen LogP contribution in [0.3, 0.4) is 0 Å². The van der Waals surface area contributed by atoms with Crippen LogP contribution < -0.4 is 10.6 Å². The minimum atomic E-state index is -5.24. The van der Waals surface area contributed by atoms with Gasteiger partial charge in [-0.05, 0) is 22.9 Å². The molecule has 24 heavy (non-hydrogen) atoms. The third kappa shape index (κ3) is 3.94. The van der Waals surface area contributed by atoms with Crippen molar-refractivity contribution in [1.82, 2.24) is 0 Å². The molecule has 0 aliphatic rings. The van der Waals surface area contributed by atoms with Crippen molar-refractivity contribution in [1.29, 1.82) is 0 Å². The zero-order valence-corrected chi connectivity index (χ0v) is 11.5. The van der Waals surface area contributed by atoms with Crippen LogP contribution in [0.4, 0.5) is 37.7 Å². The molecule has 0 aliphatic heterocycles. The van der Waals surface area contributed by atoms with E-state index in [0.29, 0.717) is 10.8 Å². The smallest absolute Gasteiger partial charge is 0.316 e. The largest absolute Gasteiger partial charge is 0.471 e. The number of alkyl halides is 6. The Morgan fingerprint density at radius 1 is 0.708 bits per heavy atom. The lowest BCUT2D eigenvalue weighted by atomic mass is 10.1. The third-order valence-electron chi connectivity index (χ3n) is 2.90. The first-order valence-electron chi connectivity index (χ1n) is 6.27. The Morgan fingerprint density at radius 3 is 1.33 bits per heavy atom. The average molecular weight is 350 g/mol. The number of halogens is 6. The highest BCUT2D eigenvalue weighted by Crippen LogP contribution is 2.31. The molecule has 0 saturated carbocycles. The maximum Gasteiger partial charge on any atom is 0.471 e. The number of rotatable bonds is 2. The summed E-state index contributed by atoms with van der Waals surface area (Å²) in [4.78, 5) is 22.1. The number of fused-ring (bicyclic) bond motifs is 1. The highest BCUT2D eigenvalue weighted by molar-refractivity contribution is 6.06. The van der Waals surface area contributed by atoms with Crippen molar-refractivity contribution >= 4 is 34.0 Å². The average Bonchev–Trinajstić information content (AvgIpc) is 2.45. The molecule has 2 rings (SSSR count). The number of hydrogen-bond donors (Lipinski definition) is 2. The van der Waals surface area contributed by atoms with E-state index in [-0.39, 0.29) is 0 Å². The Balaban J connectivity index is 2.48. The van der Waals surface area contributed by atoms with Crippen LogP contribution in [0.5, 0.6) is 0 Å². The molecule has 0 bridgehead atoms.